The first-order valence-electron chi connectivity index (χ1n) is 11.5. The summed E-state index contributed by atoms with van der Waals surface area (Å²) in [5.74, 6) is -0.340. The Morgan fingerprint density at radius 2 is 1.75 bits per heavy atom. The molecule has 0 fully saturated rings. The normalized spacial score (nSPS) is 11.4. The van der Waals surface area contributed by atoms with Crippen molar-refractivity contribution in [3.8, 4) is 17.2 Å². The van der Waals surface area contributed by atoms with Crippen LogP contribution in [0.15, 0.2) is 89.1 Å². The van der Waals surface area contributed by atoms with E-state index in [1.54, 1.807) is 12.1 Å². The van der Waals surface area contributed by atoms with Gasteiger partial charge in [-0.2, -0.15) is 5.26 Å². The quantitative estimate of drug-likeness (QED) is 0.242. The van der Waals surface area contributed by atoms with Crippen molar-refractivity contribution in [2.75, 3.05) is 10.6 Å². The van der Waals surface area contributed by atoms with Gasteiger partial charge < -0.3 is 10.6 Å². The monoisotopic (exact) mass is 511 g/mol. The van der Waals surface area contributed by atoms with Crippen LogP contribution in [-0.2, 0) is 4.79 Å². The number of thiophene rings is 1. The van der Waals surface area contributed by atoms with Crippen LogP contribution < -0.4 is 10.6 Å². The average molecular weight is 512 g/mol. The van der Waals surface area contributed by atoms with E-state index in [2.05, 4.69) is 16.7 Å². The molecule has 0 saturated heterocycles. The summed E-state index contributed by atoms with van der Waals surface area (Å²) in [5.41, 5.74) is 4.57. The zero-order chi connectivity index (χ0) is 25.5. The molecule has 0 aliphatic carbocycles. The summed E-state index contributed by atoms with van der Waals surface area (Å²) < 4.78 is 0. The summed E-state index contributed by atoms with van der Waals surface area (Å²) in [6.07, 6.45) is 0.606. The Morgan fingerprint density at radius 1 is 1.00 bits per heavy atom. The second-order valence-electron chi connectivity index (χ2n) is 8.18. The zero-order valence-electron chi connectivity index (χ0n) is 19.9. The van der Waals surface area contributed by atoms with Crippen molar-refractivity contribution in [1.29, 1.82) is 5.26 Å². The minimum Gasteiger partial charge on any atom is -0.322 e. The molecule has 2 N–H and O–H groups in total. The smallest absolute Gasteiger partial charge is 0.255 e. The van der Waals surface area contributed by atoms with Gasteiger partial charge in [-0.1, -0.05) is 61.0 Å². The topological polar surface area (TPSA) is 82.0 Å². The number of anilines is 2. The first kappa shape index (κ1) is 25.2. The number of amides is 2. The highest BCUT2D eigenvalue weighted by atomic mass is 32.2. The molecule has 1 atom stereocenters. The van der Waals surface area contributed by atoms with Crippen LogP contribution in [0.25, 0.3) is 11.1 Å². The van der Waals surface area contributed by atoms with Crippen LogP contribution in [0.1, 0.15) is 34.8 Å². The van der Waals surface area contributed by atoms with E-state index in [-0.39, 0.29) is 17.1 Å². The van der Waals surface area contributed by atoms with E-state index in [9.17, 15) is 14.9 Å². The van der Waals surface area contributed by atoms with Gasteiger partial charge in [0.15, 0.2) is 0 Å². The molecule has 180 valence electrons. The lowest BCUT2D eigenvalue weighted by Gasteiger charge is -2.15. The zero-order valence-corrected chi connectivity index (χ0v) is 21.6. The van der Waals surface area contributed by atoms with Crippen molar-refractivity contribution in [3.63, 3.8) is 0 Å². The van der Waals surface area contributed by atoms with Crippen LogP contribution in [0.3, 0.4) is 0 Å². The van der Waals surface area contributed by atoms with Crippen molar-refractivity contribution in [3.05, 3.63) is 101 Å². The van der Waals surface area contributed by atoms with Gasteiger partial charge in [-0.15, -0.1) is 23.1 Å². The van der Waals surface area contributed by atoms with E-state index < -0.39 is 0 Å². The highest BCUT2D eigenvalue weighted by molar-refractivity contribution is 8.00. The number of carbonyl (C=O) groups excluding carboxylic acids is 2. The van der Waals surface area contributed by atoms with E-state index in [1.165, 1.54) is 23.1 Å². The molecule has 0 aliphatic rings. The molecule has 1 aromatic heterocycles. The highest BCUT2D eigenvalue weighted by Gasteiger charge is 2.22. The summed E-state index contributed by atoms with van der Waals surface area (Å²) in [6, 6.07) is 26.8. The molecule has 1 unspecified atom stereocenters. The largest absolute Gasteiger partial charge is 0.322 e. The summed E-state index contributed by atoms with van der Waals surface area (Å²) in [4.78, 5) is 26.6. The third-order valence-corrected chi connectivity index (χ3v) is 7.83. The minimum atomic E-state index is -0.359. The molecule has 0 aliphatic heterocycles. The maximum absolute atomic E-state index is 13.1. The van der Waals surface area contributed by atoms with Gasteiger partial charge in [0.05, 0.1) is 10.8 Å². The molecule has 4 aromatic rings. The number of nitrogens with zero attached hydrogens (tertiary/aromatic N) is 1. The molecule has 0 radical (unpaired) electrons. The Labute approximate surface area is 219 Å². The maximum atomic E-state index is 13.1. The molecule has 3 aromatic carbocycles. The Bertz CT molecular complexity index is 1410. The number of nitriles is 1. The Hall–Kier alpha value is -3.86. The molecule has 4 rings (SSSR count). The fourth-order valence-corrected chi connectivity index (χ4v) is 5.56. The molecule has 0 spiro atoms. The predicted molar refractivity (Wildman–Crippen MR) is 149 cm³/mol. The number of nitrogens with one attached hydrogen (secondary N) is 2. The van der Waals surface area contributed by atoms with Gasteiger partial charge in [-0.25, -0.2) is 0 Å². The number of aryl methyl sites for hydroxylation is 1. The lowest BCUT2D eigenvalue weighted by Crippen LogP contribution is -2.24. The van der Waals surface area contributed by atoms with Crippen LogP contribution in [0.2, 0.25) is 0 Å². The fourth-order valence-electron chi connectivity index (χ4n) is 3.63. The van der Waals surface area contributed by atoms with Crippen molar-refractivity contribution < 1.29 is 9.59 Å². The van der Waals surface area contributed by atoms with Crippen molar-refractivity contribution in [1.82, 2.24) is 0 Å². The number of hydrogen-bond donors (Lipinski definition) is 2. The fraction of sp³-hybridized carbons (Fsp3) is 0.138. The Kier molecular flexibility index (Phi) is 8.21. The van der Waals surface area contributed by atoms with Crippen molar-refractivity contribution in [2.45, 2.75) is 30.4 Å². The number of benzene rings is 3. The van der Waals surface area contributed by atoms with E-state index >= 15 is 0 Å². The molecular formula is C29H25N3O2S2. The van der Waals surface area contributed by atoms with Crippen molar-refractivity contribution in [2.24, 2.45) is 0 Å². The second-order valence-corrected chi connectivity index (χ2v) is 10.3. The van der Waals surface area contributed by atoms with Gasteiger partial charge in [-0.05, 0) is 49.2 Å². The van der Waals surface area contributed by atoms with Gasteiger partial charge in [0, 0.05) is 27.1 Å². The van der Waals surface area contributed by atoms with E-state index in [4.69, 9.17) is 0 Å². The van der Waals surface area contributed by atoms with Gasteiger partial charge in [-0.3, -0.25) is 9.59 Å². The lowest BCUT2D eigenvalue weighted by molar-refractivity contribution is -0.115. The molecule has 1 heterocycles. The third-order valence-electron chi connectivity index (χ3n) is 5.57. The molecule has 7 heteroatoms. The van der Waals surface area contributed by atoms with Gasteiger partial charge in [0.2, 0.25) is 5.91 Å². The molecule has 36 heavy (non-hydrogen) atoms. The summed E-state index contributed by atoms with van der Waals surface area (Å²) in [5, 5.41) is 17.7. The molecule has 2 amide bonds. The average Bonchev–Trinajstić information content (AvgIpc) is 3.30. The molecule has 0 bridgehead atoms. The van der Waals surface area contributed by atoms with Crippen LogP contribution >= 0.6 is 23.1 Å². The molecule has 5 nitrogen and oxygen atoms in total. The van der Waals surface area contributed by atoms with Gasteiger partial charge in [0.1, 0.15) is 11.1 Å². The maximum Gasteiger partial charge on any atom is 0.255 e. The number of rotatable bonds is 8. The SMILES string of the molecule is CCC(Sc1cccc(NC(=O)c2ccc(C)cc2)c1)C(=O)Nc1scc(-c2ccccc2)c1C#N. The highest BCUT2D eigenvalue weighted by Crippen LogP contribution is 2.36. The standard InChI is InChI=1S/C29H25N3O2S2/c1-3-26(28(34)32-29-24(17-30)25(18-35-29)20-8-5-4-6-9-20)36-23-11-7-10-22(16-23)31-27(33)21-14-12-19(2)13-15-21/h4-16,18,26H,3H2,1-2H3,(H,31,33)(H,32,34). The molecular weight excluding hydrogens is 486 g/mol. The number of carbonyl (C=O) groups is 2. The first-order chi connectivity index (χ1) is 17.5. The minimum absolute atomic E-state index is 0.158. The number of thioether (sulfide) groups is 1. The summed E-state index contributed by atoms with van der Waals surface area (Å²) in [7, 11) is 0. The van der Waals surface area contributed by atoms with E-state index in [0.29, 0.717) is 28.2 Å². The van der Waals surface area contributed by atoms with E-state index in [0.717, 1.165) is 21.6 Å². The Morgan fingerprint density at radius 3 is 2.44 bits per heavy atom. The van der Waals surface area contributed by atoms with Crippen LogP contribution in [0.5, 0.6) is 0 Å². The predicted octanol–water partition coefficient (Wildman–Crippen LogP) is 7.36. The van der Waals surface area contributed by atoms with E-state index in [1.807, 2.05) is 86.0 Å². The molecule has 0 saturated carbocycles. The van der Waals surface area contributed by atoms with Gasteiger partial charge in [0.25, 0.3) is 5.91 Å². The lowest BCUT2D eigenvalue weighted by atomic mass is 10.1. The van der Waals surface area contributed by atoms with Gasteiger partial charge >= 0.3 is 0 Å². The van der Waals surface area contributed by atoms with Crippen LogP contribution in [-0.4, -0.2) is 17.1 Å². The summed E-state index contributed by atoms with van der Waals surface area (Å²) in [6.45, 7) is 3.93. The number of hydrogen-bond acceptors (Lipinski definition) is 5. The van der Waals surface area contributed by atoms with Crippen molar-refractivity contribution >= 4 is 45.6 Å². The third kappa shape index (κ3) is 6.03. The Balaban J connectivity index is 1.45. The summed E-state index contributed by atoms with van der Waals surface area (Å²) >= 11 is 2.79. The van der Waals surface area contributed by atoms with Crippen LogP contribution in [0.4, 0.5) is 10.7 Å². The van der Waals surface area contributed by atoms with Crippen LogP contribution in [0, 0.1) is 18.3 Å². The second kappa shape index (κ2) is 11.7. The first-order valence-corrected chi connectivity index (χ1v) is 13.3.